The summed E-state index contributed by atoms with van der Waals surface area (Å²) in [5.74, 6) is 1.04. The Morgan fingerprint density at radius 3 is 2.61 bits per heavy atom. The Balaban J connectivity index is 2.15. The van der Waals surface area contributed by atoms with E-state index in [9.17, 15) is 0 Å². The maximum absolute atomic E-state index is 6.06. The Bertz CT molecular complexity index is 893. The molecule has 0 radical (unpaired) electrons. The second-order valence-electron chi connectivity index (χ2n) is 5.99. The van der Waals surface area contributed by atoms with E-state index in [-0.39, 0.29) is 5.92 Å². The van der Waals surface area contributed by atoms with Crippen LogP contribution in [0.3, 0.4) is 0 Å². The molecule has 0 aliphatic rings. The van der Waals surface area contributed by atoms with Gasteiger partial charge in [-0.1, -0.05) is 37.6 Å². The molecule has 0 saturated carbocycles. The van der Waals surface area contributed by atoms with Crippen LogP contribution in [0, 0.1) is 13.8 Å². The Hall–Kier alpha value is -2.20. The quantitative estimate of drug-likeness (QED) is 0.533. The van der Waals surface area contributed by atoms with Crippen molar-refractivity contribution in [3.05, 3.63) is 58.4 Å². The van der Waals surface area contributed by atoms with Gasteiger partial charge in [0.15, 0.2) is 5.82 Å². The van der Waals surface area contributed by atoms with Crippen molar-refractivity contribution >= 4 is 28.8 Å². The third-order valence-electron chi connectivity index (χ3n) is 3.82. The maximum Gasteiger partial charge on any atom is 0.183 e. The van der Waals surface area contributed by atoms with E-state index in [4.69, 9.17) is 16.6 Å². The molecule has 0 unspecified atom stereocenters. The standard InChI is InChI=1S/C18H19ClN4/c1-11(2)16-18(23-9-5-6-13(4)17(23)20-16)22-21-15-10-14(19)8-7-12(15)3/h5-11H,1-4H3. The van der Waals surface area contributed by atoms with Gasteiger partial charge in [-0.15, -0.1) is 10.2 Å². The molecule has 3 rings (SSSR count). The zero-order valence-electron chi connectivity index (χ0n) is 13.7. The second kappa shape index (κ2) is 6.13. The average Bonchev–Trinajstić information content (AvgIpc) is 2.89. The zero-order chi connectivity index (χ0) is 16.6. The number of hydrogen-bond donors (Lipinski definition) is 0. The van der Waals surface area contributed by atoms with Gasteiger partial charge in [0, 0.05) is 11.2 Å². The summed E-state index contributed by atoms with van der Waals surface area (Å²) in [7, 11) is 0. The fourth-order valence-electron chi connectivity index (χ4n) is 2.49. The van der Waals surface area contributed by atoms with E-state index in [2.05, 4.69) is 37.1 Å². The van der Waals surface area contributed by atoms with E-state index in [0.717, 1.165) is 34.0 Å². The van der Waals surface area contributed by atoms with Crippen molar-refractivity contribution < 1.29 is 0 Å². The van der Waals surface area contributed by atoms with Gasteiger partial charge in [0.2, 0.25) is 0 Å². The highest BCUT2D eigenvalue weighted by Crippen LogP contribution is 2.31. The van der Waals surface area contributed by atoms with Crippen LogP contribution in [0.1, 0.15) is 36.6 Å². The lowest BCUT2D eigenvalue weighted by Crippen LogP contribution is -1.87. The summed E-state index contributed by atoms with van der Waals surface area (Å²) in [5.41, 5.74) is 4.80. The Labute approximate surface area is 140 Å². The summed E-state index contributed by atoms with van der Waals surface area (Å²) in [6, 6.07) is 9.67. The molecule has 4 nitrogen and oxygen atoms in total. The number of rotatable bonds is 3. The van der Waals surface area contributed by atoms with Gasteiger partial charge in [-0.25, -0.2) is 4.98 Å². The number of fused-ring (bicyclic) bond motifs is 1. The molecular weight excluding hydrogens is 308 g/mol. The first-order valence-electron chi connectivity index (χ1n) is 7.63. The normalized spacial score (nSPS) is 11.9. The molecule has 3 aromatic rings. The molecule has 0 N–H and O–H groups in total. The number of azo groups is 1. The van der Waals surface area contributed by atoms with E-state index < -0.39 is 0 Å². The SMILES string of the molecule is Cc1ccc(Cl)cc1N=Nc1c(C(C)C)nc2c(C)cccn12. The summed E-state index contributed by atoms with van der Waals surface area (Å²) < 4.78 is 1.99. The van der Waals surface area contributed by atoms with E-state index in [1.165, 1.54) is 0 Å². The molecule has 0 aliphatic carbocycles. The van der Waals surface area contributed by atoms with Crippen LogP contribution in [-0.2, 0) is 0 Å². The van der Waals surface area contributed by atoms with Crippen LogP contribution in [0.4, 0.5) is 11.5 Å². The first-order chi connectivity index (χ1) is 11.0. The van der Waals surface area contributed by atoms with Crippen LogP contribution in [0.5, 0.6) is 0 Å². The summed E-state index contributed by atoms with van der Waals surface area (Å²) >= 11 is 6.06. The highest BCUT2D eigenvalue weighted by atomic mass is 35.5. The fourth-order valence-corrected chi connectivity index (χ4v) is 2.65. The van der Waals surface area contributed by atoms with Crippen molar-refractivity contribution in [3.8, 4) is 0 Å². The van der Waals surface area contributed by atoms with Gasteiger partial charge in [-0.3, -0.25) is 4.40 Å². The highest BCUT2D eigenvalue weighted by molar-refractivity contribution is 6.30. The molecule has 2 aromatic heterocycles. The molecule has 1 aromatic carbocycles. The van der Waals surface area contributed by atoms with Crippen molar-refractivity contribution in [2.45, 2.75) is 33.6 Å². The molecule has 118 valence electrons. The summed E-state index contributed by atoms with van der Waals surface area (Å²) in [4.78, 5) is 4.75. The molecule has 0 aliphatic heterocycles. The minimum Gasteiger partial charge on any atom is -0.283 e. The van der Waals surface area contributed by atoms with Crippen molar-refractivity contribution in [1.82, 2.24) is 9.38 Å². The Kier molecular flexibility index (Phi) is 4.18. The van der Waals surface area contributed by atoms with Gasteiger partial charge in [0.25, 0.3) is 0 Å². The molecule has 0 saturated heterocycles. The van der Waals surface area contributed by atoms with Crippen LogP contribution in [0.2, 0.25) is 5.02 Å². The smallest absolute Gasteiger partial charge is 0.183 e. The molecule has 23 heavy (non-hydrogen) atoms. The van der Waals surface area contributed by atoms with Crippen molar-refractivity contribution in [3.63, 3.8) is 0 Å². The number of halogens is 1. The van der Waals surface area contributed by atoms with Crippen molar-refractivity contribution in [1.29, 1.82) is 0 Å². The van der Waals surface area contributed by atoms with Gasteiger partial charge in [-0.2, -0.15) is 0 Å². The number of benzene rings is 1. The number of imidazole rings is 1. The predicted octanol–water partition coefficient (Wildman–Crippen LogP) is 6.14. The number of nitrogens with zero attached hydrogens (tertiary/aromatic N) is 4. The number of aromatic nitrogens is 2. The summed E-state index contributed by atoms with van der Waals surface area (Å²) in [6.45, 7) is 8.27. The maximum atomic E-state index is 6.06. The molecule has 5 heteroatoms. The number of aryl methyl sites for hydroxylation is 2. The Morgan fingerprint density at radius 2 is 1.87 bits per heavy atom. The van der Waals surface area contributed by atoms with Gasteiger partial charge >= 0.3 is 0 Å². The minimum atomic E-state index is 0.267. The van der Waals surface area contributed by atoms with Gasteiger partial charge < -0.3 is 0 Å². The summed E-state index contributed by atoms with van der Waals surface area (Å²) in [6.07, 6.45) is 1.97. The topological polar surface area (TPSA) is 42.0 Å². The second-order valence-corrected chi connectivity index (χ2v) is 6.43. The van der Waals surface area contributed by atoms with E-state index in [1.807, 2.05) is 41.8 Å². The van der Waals surface area contributed by atoms with Crippen LogP contribution < -0.4 is 0 Å². The van der Waals surface area contributed by atoms with Gasteiger partial charge in [0.1, 0.15) is 5.65 Å². The highest BCUT2D eigenvalue weighted by Gasteiger charge is 2.16. The van der Waals surface area contributed by atoms with Gasteiger partial charge in [0.05, 0.1) is 11.4 Å². The first-order valence-corrected chi connectivity index (χ1v) is 8.00. The molecule has 0 amide bonds. The number of pyridine rings is 1. The zero-order valence-corrected chi connectivity index (χ0v) is 14.5. The molecule has 0 fully saturated rings. The average molecular weight is 327 g/mol. The van der Waals surface area contributed by atoms with Crippen molar-refractivity contribution in [2.24, 2.45) is 10.2 Å². The van der Waals surface area contributed by atoms with E-state index in [0.29, 0.717) is 5.02 Å². The minimum absolute atomic E-state index is 0.267. The fraction of sp³-hybridized carbons (Fsp3) is 0.278. The van der Waals surface area contributed by atoms with E-state index in [1.54, 1.807) is 0 Å². The molecule has 0 atom stereocenters. The lowest BCUT2D eigenvalue weighted by atomic mass is 10.1. The van der Waals surface area contributed by atoms with Crippen LogP contribution in [0.15, 0.2) is 46.8 Å². The molecule has 0 spiro atoms. The molecular formula is C18H19ClN4. The largest absolute Gasteiger partial charge is 0.283 e. The van der Waals surface area contributed by atoms with Crippen LogP contribution >= 0.6 is 11.6 Å². The predicted molar refractivity (Wildman–Crippen MR) is 94.4 cm³/mol. The van der Waals surface area contributed by atoms with Crippen LogP contribution in [0.25, 0.3) is 5.65 Å². The monoisotopic (exact) mass is 326 g/mol. The van der Waals surface area contributed by atoms with Crippen molar-refractivity contribution in [2.75, 3.05) is 0 Å². The lowest BCUT2D eigenvalue weighted by molar-refractivity contribution is 0.831. The third-order valence-corrected chi connectivity index (χ3v) is 4.05. The van der Waals surface area contributed by atoms with E-state index >= 15 is 0 Å². The van der Waals surface area contributed by atoms with Gasteiger partial charge in [-0.05, 0) is 49.1 Å². The third kappa shape index (κ3) is 2.99. The Morgan fingerprint density at radius 1 is 1.09 bits per heavy atom. The molecule has 2 heterocycles. The van der Waals surface area contributed by atoms with Crippen LogP contribution in [-0.4, -0.2) is 9.38 Å². The summed E-state index contributed by atoms with van der Waals surface area (Å²) in [5, 5.41) is 9.56. The molecule has 0 bridgehead atoms. The number of hydrogen-bond acceptors (Lipinski definition) is 3. The first kappa shape index (κ1) is 15.7. The lowest BCUT2D eigenvalue weighted by Gasteiger charge is -2.03.